The summed E-state index contributed by atoms with van der Waals surface area (Å²) in [5.74, 6) is -0.340. The molecule has 0 spiro atoms. The van der Waals surface area contributed by atoms with Crippen molar-refractivity contribution >= 4 is 11.9 Å². The van der Waals surface area contributed by atoms with Crippen LogP contribution in [0.25, 0.3) is 0 Å². The highest BCUT2D eigenvalue weighted by molar-refractivity contribution is 5.94. The van der Waals surface area contributed by atoms with E-state index in [1.54, 1.807) is 35.8 Å². The molecule has 0 saturated heterocycles. The van der Waals surface area contributed by atoms with Gasteiger partial charge in [-0.1, -0.05) is 6.92 Å². The maximum Gasteiger partial charge on any atom is 0.347 e. The van der Waals surface area contributed by atoms with Gasteiger partial charge in [-0.05, 0) is 45.0 Å². The molecular formula is C20H25N3O5. The van der Waals surface area contributed by atoms with Gasteiger partial charge in [-0.2, -0.15) is 0 Å². The van der Waals surface area contributed by atoms with Gasteiger partial charge < -0.3 is 15.2 Å². The zero-order chi connectivity index (χ0) is 20.9. The molecule has 1 heterocycles. The number of carboxylic acids is 1. The number of hydrogen-bond donors (Lipinski definition) is 2. The number of carboxylic acid groups (broad SMARTS) is 1. The van der Waals surface area contributed by atoms with Crippen LogP contribution in [-0.2, 0) is 17.8 Å². The number of rotatable bonds is 8. The first-order chi connectivity index (χ1) is 13.1. The first kappa shape index (κ1) is 21.1. The molecule has 0 saturated carbocycles. The normalized spacial score (nSPS) is 11.1. The van der Waals surface area contributed by atoms with Gasteiger partial charge in [0.05, 0.1) is 0 Å². The number of aryl methyl sites for hydroxylation is 2. The number of carbonyl (C=O) groups excluding carboxylic acids is 1. The van der Waals surface area contributed by atoms with Gasteiger partial charge in [0, 0.05) is 36.8 Å². The van der Waals surface area contributed by atoms with E-state index in [0.717, 1.165) is 0 Å². The molecule has 0 radical (unpaired) electrons. The number of ether oxygens (including phenoxy) is 1. The summed E-state index contributed by atoms with van der Waals surface area (Å²) in [6.07, 6.45) is 0.624. The minimum atomic E-state index is -1.36. The third-order valence-corrected chi connectivity index (χ3v) is 4.16. The average Bonchev–Trinajstić information content (AvgIpc) is 2.63. The van der Waals surface area contributed by atoms with Gasteiger partial charge in [-0.15, -0.1) is 0 Å². The minimum Gasteiger partial charge on any atom is -0.478 e. The summed E-state index contributed by atoms with van der Waals surface area (Å²) in [4.78, 5) is 39.9. The molecular weight excluding hydrogens is 362 g/mol. The highest BCUT2D eigenvalue weighted by Crippen LogP contribution is 2.19. The van der Waals surface area contributed by atoms with E-state index in [1.165, 1.54) is 19.9 Å². The van der Waals surface area contributed by atoms with E-state index in [4.69, 9.17) is 9.84 Å². The summed E-state index contributed by atoms with van der Waals surface area (Å²) >= 11 is 0. The van der Waals surface area contributed by atoms with Gasteiger partial charge in [0.1, 0.15) is 11.6 Å². The van der Waals surface area contributed by atoms with Crippen molar-refractivity contribution in [2.75, 3.05) is 6.54 Å². The Balaban J connectivity index is 1.97. The van der Waals surface area contributed by atoms with Crippen LogP contribution in [0.2, 0.25) is 0 Å². The summed E-state index contributed by atoms with van der Waals surface area (Å²) in [5, 5.41) is 11.9. The highest BCUT2D eigenvalue weighted by Gasteiger charge is 2.29. The number of benzene rings is 1. The van der Waals surface area contributed by atoms with E-state index in [0.29, 0.717) is 35.8 Å². The molecule has 1 amide bonds. The monoisotopic (exact) mass is 387 g/mol. The Morgan fingerprint density at radius 3 is 2.46 bits per heavy atom. The molecule has 0 aliphatic heterocycles. The highest BCUT2D eigenvalue weighted by atomic mass is 16.5. The third kappa shape index (κ3) is 5.18. The summed E-state index contributed by atoms with van der Waals surface area (Å²) in [7, 11) is 0. The second-order valence-corrected chi connectivity index (χ2v) is 6.85. The topological polar surface area (TPSA) is 111 Å². The van der Waals surface area contributed by atoms with E-state index in [1.807, 2.05) is 6.92 Å². The number of hydrogen-bond acceptors (Lipinski definition) is 5. The molecule has 0 atom stereocenters. The predicted molar refractivity (Wildman–Crippen MR) is 104 cm³/mol. The lowest BCUT2D eigenvalue weighted by molar-refractivity contribution is -0.152. The summed E-state index contributed by atoms with van der Waals surface area (Å²) in [6.45, 7) is 7.20. The van der Waals surface area contributed by atoms with Crippen molar-refractivity contribution in [3.8, 4) is 5.75 Å². The van der Waals surface area contributed by atoms with Crippen molar-refractivity contribution in [2.24, 2.45) is 0 Å². The van der Waals surface area contributed by atoms with Crippen molar-refractivity contribution < 1.29 is 19.4 Å². The number of nitrogens with zero attached hydrogens (tertiary/aromatic N) is 2. The van der Waals surface area contributed by atoms with Crippen molar-refractivity contribution in [3.63, 3.8) is 0 Å². The Kier molecular flexibility index (Phi) is 6.56. The number of aromatic nitrogens is 2. The Bertz CT molecular complexity index is 916. The molecule has 0 unspecified atom stereocenters. The number of amides is 1. The van der Waals surface area contributed by atoms with Crippen LogP contribution in [0.5, 0.6) is 5.75 Å². The molecule has 0 aliphatic carbocycles. The quantitative estimate of drug-likeness (QED) is 0.714. The van der Waals surface area contributed by atoms with E-state index < -0.39 is 11.6 Å². The average molecular weight is 387 g/mol. The van der Waals surface area contributed by atoms with Crippen LogP contribution in [0.1, 0.15) is 42.6 Å². The van der Waals surface area contributed by atoms with Gasteiger partial charge in [-0.3, -0.25) is 14.2 Å². The molecule has 150 valence electrons. The largest absolute Gasteiger partial charge is 0.478 e. The van der Waals surface area contributed by atoms with Gasteiger partial charge >= 0.3 is 5.97 Å². The van der Waals surface area contributed by atoms with Crippen molar-refractivity contribution in [3.05, 3.63) is 57.8 Å². The molecule has 0 aliphatic rings. The van der Waals surface area contributed by atoms with E-state index >= 15 is 0 Å². The Hall–Kier alpha value is -3.16. The molecule has 0 bridgehead atoms. The van der Waals surface area contributed by atoms with Crippen LogP contribution >= 0.6 is 0 Å². The van der Waals surface area contributed by atoms with Gasteiger partial charge in [0.25, 0.3) is 11.5 Å². The first-order valence-electron chi connectivity index (χ1n) is 9.02. The molecule has 2 rings (SSSR count). The standard InChI is InChI=1S/C20H25N3O5/c1-5-16-22-13(2)12-17(24)23(16)11-10-21-18(25)14-6-8-15(9-7-14)28-20(3,4)19(26)27/h6-9,12H,5,10-11H2,1-4H3,(H,21,25)(H,26,27). The van der Waals surface area contributed by atoms with E-state index in [9.17, 15) is 14.4 Å². The molecule has 2 aromatic rings. The van der Waals surface area contributed by atoms with Crippen molar-refractivity contribution in [1.82, 2.24) is 14.9 Å². The molecule has 28 heavy (non-hydrogen) atoms. The zero-order valence-electron chi connectivity index (χ0n) is 16.5. The smallest absolute Gasteiger partial charge is 0.347 e. The maximum absolute atomic E-state index is 12.3. The maximum atomic E-state index is 12.3. The van der Waals surface area contributed by atoms with Gasteiger partial charge in [-0.25, -0.2) is 9.78 Å². The van der Waals surface area contributed by atoms with Crippen LogP contribution in [0.4, 0.5) is 0 Å². The molecule has 8 nitrogen and oxygen atoms in total. The van der Waals surface area contributed by atoms with Crippen molar-refractivity contribution in [1.29, 1.82) is 0 Å². The lowest BCUT2D eigenvalue weighted by Crippen LogP contribution is -2.37. The predicted octanol–water partition coefficient (Wildman–Crippen LogP) is 1.79. The minimum absolute atomic E-state index is 0.138. The Morgan fingerprint density at radius 2 is 1.89 bits per heavy atom. The zero-order valence-corrected chi connectivity index (χ0v) is 16.5. The van der Waals surface area contributed by atoms with Gasteiger partial charge in [0.2, 0.25) is 0 Å². The Labute approximate surface area is 163 Å². The second-order valence-electron chi connectivity index (χ2n) is 6.85. The van der Waals surface area contributed by atoms with Crippen LogP contribution < -0.4 is 15.6 Å². The summed E-state index contributed by atoms with van der Waals surface area (Å²) in [5.41, 5.74) is -0.418. The Morgan fingerprint density at radius 1 is 1.25 bits per heavy atom. The number of carbonyl (C=O) groups is 2. The van der Waals surface area contributed by atoms with Crippen molar-refractivity contribution in [2.45, 2.75) is 46.3 Å². The van der Waals surface area contributed by atoms with Crippen LogP contribution in [0.3, 0.4) is 0 Å². The van der Waals surface area contributed by atoms with E-state index in [-0.39, 0.29) is 18.0 Å². The van der Waals surface area contributed by atoms with Crippen LogP contribution in [0, 0.1) is 6.92 Å². The third-order valence-electron chi connectivity index (χ3n) is 4.16. The molecule has 8 heteroatoms. The van der Waals surface area contributed by atoms with Gasteiger partial charge in [0.15, 0.2) is 5.60 Å². The lowest BCUT2D eigenvalue weighted by atomic mass is 10.1. The summed E-state index contributed by atoms with van der Waals surface area (Å²) < 4.78 is 6.96. The molecule has 1 aromatic heterocycles. The fourth-order valence-corrected chi connectivity index (χ4v) is 2.59. The van der Waals surface area contributed by atoms with Crippen LogP contribution in [0.15, 0.2) is 35.1 Å². The first-order valence-corrected chi connectivity index (χ1v) is 9.02. The molecule has 1 aromatic carbocycles. The fraction of sp³-hybridized carbons (Fsp3) is 0.400. The SMILES string of the molecule is CCc1nc(C)cc(=O)n1CCNC(=O)c1ccc(OC(C)(C)C(=O)O)cc1. The lowest BCUT2D eigenvalue weighted by Gasteiger charge is -2.21. The summed E-state index contributed by atoms with van der Waals surface area (Å²) in [6, 6.07) is 7.67. The number of nitrogens with one attached hydrogen (secondary N) is 1. The fourth-order valence-electron chi connectivity index (χ4n) is 2.59. The molecule has 0 fully saturated rings. The molecule has 2 N–H and O–H groups in total. The second kappa shape index (κ2) is 8.69. The van der Waals surface area contributed by atoms with Crippen LogP contribution in [-0.4, -0.2) is 38.7 Å². The van der Waals surface area contributed by atoms with E-state index in [2.05, 4.69) is 10.3 Å². The number of aliphatic carboxylic acids is 1.